The van der Waals surface area contributed by atoms with Crippen molar-refractivity contribution in [3.8, 4) is 0 Å². The number of aromatic nitrogens is 2. The van der Waals surface area contributed by atoms with E-state index in [-0.39, 0.29) is 23.5 Å². The van der Waals surface area contributed by atoms with Gasteiger partial charge in [-0.25, -0.2) is 9.37 Å². The van der Waals surface area contributed by atoms with E-state index in [0.29, 0.717) is 19.0 Å². The molecule has 0 aliphatic carbocycles. The summed E-state index contributed by atoms with van der Waals surface area (Å²) < 4.78 is 19.4. The van der Waals surface area contributed by atoms with Crippen LogP contribution in [-0.4, -0.2) is 33.4 Å². The van der Waals surface area contributed by atoms with E-state index in [1.807, 2.05) is 38.2 Å². The number of benzene rings is 2. The molecule has 1 atom stereocenters. The van der Waals surface area contributed by atoms with Crippen molar-refractivity contribution in [1.29, 1.82) is 0 Å². The zero-order chi connectivity index (χ0) is 23.2. The number of hydrogen-bond donors (Lipinski definition) is 2. The Balaban J connectivity index is 1.48. The number of hydrogen-bond acceptors (Lipinski definition) is 4. The Morgan fingerprint density at radius 1 is 1.21 bits per heavy atom. The first-order valence-corrected chi connectivity index (χ1v) is 11.3. The third-order valence-electron chi connectivity index (χ3n) is 5.80. The van der Waals surface area contributed by atoms with Crippen molar-refractivity contribution in [1.82, 2.24) is 20.2 Å². The lowest BCUT2D eigenvalue weighted by atomic mass is 10.1. The highest BCUT2D eigenvalue weighted by atomic mass is 19.1. The first-order chi connectivity index (χ1) is 16.0. The topological polar surface area (TPSA) is 74.2 Å². The highest BCUT2D eigenvalue weighted by Crippen LogP contribution is 2.19. The number of carbonyl (C=O) groups excluding carboxylic acids is 1. The molecule has 33 heavy (non-hydrogen) atoms. The molecule has 1 unspecified atom stereocenters. The average molecular weight is 449 g/mol. The van der Waals surface area contributed by atoms with Gasteiger partial charge in [0.15, 0.2) is 5.69 Å². The summed E-state index contributed by atoms with van der Waals surface area (Å²) in [6.07, 6.45) is 5.08. The zero-order valence-electron chi connectivity index (χ0n) is 19.0. The molecule has 2 aromatic heterocycles. The largest absolute Gasteiger partial charge is 0.447 e. The molecular weight excluding hydrogens is 419 g/mol. The number of fused-ring (bicyclic) bond motifs is 1. The smallest absolute Gasteiger partial charge is 0.273 e. The molecule has 172 valence electrons. The Labute approximate surface area is 192 Å². The van der Waals surface area contributed by atoms with Gasteiger partial charge in [-0.2, -0.15) is 0 Å². The van der Waals surface area contributed by atoms with E-state index in [9.17, 15) is 9.18 Å². The summed E-state index contributed by atoms with van der Waals surface area (Å²) in [5.41, 5.74) is 3.47. The molecule has 0 aliphatic heterocycles. The molecule has 0 saturated carbocycles. The lowest BCUT2D eigenvalue weighted by Gasteiger charge is -2.21. The van der Waals surface area contributed by atoms with Crippen LogP contribution in [-0.2, 0) is 19.5 Å². The first-order valence-electron chi connectivity index (χ1n) is 11.3. The number of halogens is 1. The van der Waals surface area contributed by atoms with Crippen molar-refractivity contribution in [3.05, 3.63) is 89.5 Å². The number of nitrogens with zero attached hydrogens (tertiary/aromatic N) is 2. The van der Waals surface area contributed by atoms with Crippen LogP contribution in [0.3, 0.4) is 0 Å². The quantitative estimate of drug-likeness (QED) is 0.355. The van der Waals surface area contributed by atoms with Gasteiger partial charge in [-0.05, 0) is 49.1 Å². The van der Waals surface area contributed by atoms with Crippen LogP contribution in [0.15, 0.2) is 65.4 Å². The standard InChI is InChI=1S/C26H29FN4O2/c1-3-18(2)29-26(32)24-17-33-25(30-24)16-31(15-19-7-6-8-21(27)13-19)12-11-20-14-28-23-10-5-4-9-22(20)23/h4-10,13-14,17-18,28H,3,11-12,15-16H2,1-2H3,(H,29,32). The Morgan fingerprint density at radius 3 is 2.88 bits per heavy atom. The Hall–Kier alpha value is -3.45. The molecule has 6 nitrogen and oxygen atoms in total. The maximum absolute atomic E-state index is 13.8. The van der Waals surface area contributed by atoms with Crippen LogP contribution in [0.4, 0.5) is 4.39 Å². The molecule has 2 N–H and O–H groups in total. The van der Waals surface area contributed by atoms with Gasteiger partial charge >= 0.3 is 0 Å². The molecule has 0 aliphatic rings. The predicted octanol–water partition coefficient (Wildman–Crippen LogP) is 5.07. The minimum atomic E-state index is -0.260. The lowest BCUT2D eigenvalue weighted by molar-refractivity contribution is 0.0934. The Kier molecular flexibility index (Phi) is 7.19. The van der Waals surface area contributed by atoms with E-state index in [1.54, 1.807) is 12.1 Å². The van der Waals surface area contributed by atoms with E-state index in [2.05, 4.69) is 32.3 Å². The van der Waals surface area contributed by atoms with Crippen LogP contribution in [0.2, 0.25) is 0 Å². The second-order valence-corrected chi connectivity index (χ2v) is 8.36. The van der Waals surface area contributed by atoms with Crippen LogP contribution in [0.5, 0.6) is 0 Å². The van der Waals surface area contributed by atoms with Crippen LogP contribution in [0, 0.1) is 5.82 Å². The van der Waals surface area contributed by atoms with Crippen molar-refractivity contribution < 1.29 is 13.6 Å². The van der Waals surface area contributed by atoms with Gasteiger partial charge in [-0.3, -0.25) is 9.69 Å². The van der Waals surface area contributed by atoms with Gasteiger partial charge in [-0.15, -0.1) is 0 Å². The van der Waals surface area contributed by atoms with Gasteiger partial charge in [0.2, 0.25) is 5.89 Å². The normalized spacial score (nSPS) is 12.4. The third kappa shape index (κ3) is 5.87. The number of oxazole rings is 1. The number of para-hydroxylation sites is 1. The van der Waals surface area contributed by atoms with Gasteiger partial charge in [0, 0.05) is 36.2 Å². The summed E-state index contributed by atoms with van der Waals surface area (Å²) in [5.74, 6) is -0.0429. The van der Waals surface area contributed by atoms with E-state index in [1.165, 1.54) is 23.3 Å². The minimum Gasteiger partial charge on any atom is -0.447 e. The summed E-state index contributed by atoms with van der Waals surface area (Å²) >= 11 is 0. The summed E-state index contributed by atoms with van der Waals surface area (Å²) in [6.45, 7) is 5.63. The second-order valence-electron chi connectivity index (χ2n) is 8.36. The Bertz CT molecular complexity index is 1220. The summed E-state index contributed by atoms with van der Waals surface area (Å²) in [4.78, 5) is 22.2. The minimum absolute atomic E-state index is 0.0679. The van der Waals surface area contributed by atoms with Crippen LogP contribution in [0.25, 0.3) is 10.9 Å². The number of rotatable bonds is 10. The van der Waals surface area contributed by atoms with Crippen LogP contribution >= 0.6 is 0 Å². The molecule has 2 aromatic carbocycles. The molecule has 7 heteroatoms. The van der Waals surface area contributed by atoms with Crippen molar-refractivity contribution in [2.75, 3.05) is 6.54 Å². The van der Waals surface area contributed by atoms with Gasteiger partial charge in [-0.1, -0.05) is 37.3 Å². The average Bonchev–Trinajstić information content (AvgIpc) is 3.44. The van der Waals surface area contributed by atoms with Crippen molar-refractivity contribution >= 4 is 16.8 Å². The molecule has 0 saturated heterocycles. The molecule has 0 radical (unpaired) electrons. The molecular formula is C26H29FN4O2. The lowest BCUT2D eigenvalue weighted by Crippen LogP contribution is -2.32. The van der Waals surface area contributed by atoms with Crippen molar-refractivity contribution in [3.63, 3.8) is 0 Å². The third-order valence-corrected chi connectivity index (χ3v) is 5.80. The van der Waals surface area contributed by atoms with Crippen molar-refractivity contribution in [2.24, 2.45) is 0 Å². The number of aromatic amines is 1. The fourth-order valence-corrected chi connectivity index (χ4v) is 3.80. The number of carbonyl (C=O) groups is 1. The van der Waals surface area contributed by atoms with Crippen LogP contribution in [0.1, 0.15) is 47.8 Å². The van der Waals surface area contributed by atoms with E-state index >= 15 is 0 Å². The molecule has 0 bridgehead atoms. The molecule has 0 spiro atoms. The molecule has 2 heterocycles. The molecule has 0 fully saturated rings. The maximum atomic E-state index is 13.8. The summed E-state index contributed by atoms with van der Waals surface area (Å²) in [7, 11) is 0. The van der Waals surface area contributed by atoms with Gasteiger partial charge in [0.25, 0.3) is 5.91 Å². The monoisotopic (exact) mass is 448 g/mol. The van der Waals surface area contributed by atoms with Crippen LogP contribution < -0.4 is 5.32 Å². The van der Waals surface area contributed by atoms with E-state index < -0.39 is 0 Å². The second kappa shape index (κ2) is 10.4. The van der Waals surface area contributed by atoms with Gasteiger partial charge in [0.1, 0.15) is 12.1 Å². The fourth-order valence-electron chi connectivity index (χ4n) is 3.80. The number of amides is 1. The predicted molar refractivity (Wildman–Crippen MR) is 126 cm³/mol. The maximum Gasteiger partial charge on any atom is 0.273 e. The van der Waals surface area contributed by atoms with E-state index in [4.69, 9.17) is 4.42 Å². The zero-order valence-corrected chi connectivity index (χ0v) is 19.0. The van der Waals surface area contributed by atoms with Gasteiger partial charge < -0.3 is 14.7 Å². The number of nitrogens with one attached hydrogen (secondary N) is 2. The highest BCUT2D eigenvalue weighted by Gasteiger charge is 2.17. The summed E-state index contributed by atoms with van der Waals surface area (Å²) in [6, 6.07) is 14.9. The fraction of sp³-hybridized carbons (Fsp3) is 0.308. The first kappa shape index (κ1) is 22.7. The molecule has 1 amide bonds. The van der Waals surface area contributed by atoms with Gasteiger partial charge in [0.05, 0.1) is 6.54 Å². The molecule has 4 rings (SSSR count). The Morgan fingerprint density at radius 2 is 2.06 bits per heavy atom. The number of H-pyrrole nitrogens is 1. The van der Waals surface area contributed by atoms with Crippen molar-refractivity contribution in [2.45, 2.75) is 45.8 Å². The summed E-state index contributed by atoms with van der Waals surface area (Å²) in [5, 5.41) is 4.10. The highest BCUT2D eigenvalue weighted by molar-refractivity contribution is 5.92. The van der Waals surface area contributed by atoms with E-state index in [0.717, 1.165) is 30.5 Å². The SMILES string of the molecule is CCC(C)NC(=O)c1coc(CN(CCc2c[nH]c3ccccc23)Cc2cccc(F)c2)n1. The molecule has 4 aromatic rings.